The fourth-order valence-corrected chi connectivity index (χ4v) is 4.99. The van der Waals surface area contributed by atoms with Gasteiger partial charge in [-0.2, -0.15) is 0 Å². The number of carbonyl (C=O) groups excluding carboxylic acids is 1. The summed E-state index contributed by atoms with van der Waals surface area (Å²) in [4.78, 5) is 11.6. The zero-order valence-corrected chi connectivity index (χ0v) is 17.1. The van der Waals surface area contributed by atoms with Crippen molar-refractivity contribution in [2.45, 2.75) is 44.7 Å². The Bertz CT molecular complexity index is 647. The van der Waals surface area contributed by atoms with Crippen LogP contribution >= 0.6 is 0 Å². The molecule has 0 bridgehead atoms. The van der Waals surface area contributed by atoms with Crippen LogP contribution in [0, 0.1) is 0 Å². The van der Waals surface area contributed by atoms with Crippen LogP contribution < -0.4 is 10.4 Å². The smallest absolute Gasteiger partial charge is 0.241 e. The molecule has 0 amide bonds. The fourth-order valence-electron chi connectivity index (χ4n) is 2.61. The molecule has 5 nitrogen and oxygen atoms in total. The van der Waals surface area contributed by atoms with Crippen molar-refractivity contribution in [1.82, 2.24) is 0 Å². The molecular weight excluding hydrogens is 360 g/mol. The molecule has 0 aromatic heterocycles. The van der Waals surface area contributed by atoms with Gasteiger partial charge in [0.05, 0.1) is 12.2 Å². The van der Waals surface area contributed by atoms with Crippen molar-refractivity contribution >= 4 is 25.7 Å². The number of aliphatic hydroxyl groups is 2. The minimum Gasteiger partial charge on any atom is -0.398 e. The summed E-state index contributed by atoms with van der Waals surface area (Å²) < 4.78 is 11.6. The van der Waals surface area contributed by atoms with Crippen LogP contribution in [-0.4, -0.2) is 56.1 Å². The van der Waals surface area contributed by atoms with E-state index in [0.29, 0.717) is 6.29 Å². The molecular formula is C21H28O5Si. The molecule has 146 valence electrons. The molecule has 0 saturated carbocycles. The van der Waals surface area contributed by atoms with Gasteiger partial charge in [-0.25, -0.2) is 0 Å². The van der Waals surface area contributed by atoms with Crippen molar-refractivity contribution in [2.24, 2.45) is 0 Å². The SMILES string of the molecule is CC(C)(C)OC[C@H](O)[C@H](O)[C@H](C=O)O[SiH](c1ccccc1)c1ccccc1. The summed E-state index contributed by atoms with van der Waals surface area (Å²) in [5, 5.41) is 22.7. The maximum absolute atomic E-state index is 11.6. The second-order valence-corrected chi connectivity index (χ2v) is 9.79. The molecule has 2 N–H and O–H groups in total. The number of rotatable bonds is 9. The molecule has 2 aromatic rings. The van der Waals surface area contributed by atoms with Crippen LogP contribution in [0.25, 0.3) is 0 Å². The Morgan fingerprint density at radius 1 is 0.963 bits per heavy atom. The summed E-state index contributed by atoms with van der Waals surface area (Å²) in [5.74, 6) is 0. The zero-order valence-electron chi connectivity index (χ0n) is 16.0. The molecule has 0 aliphatic heterocycles. The number of aldehydes is 1. The van der Waals surface area contributed by atoms with E-state index in [4.69, 9.17) is 9.16 Å². The van der Waals surface area contributed by atoms with Gasteiger partial charge in [0, 0.05) is 0 Å². The Labute approximate surface area is 162 Å². The maximum Gasteiger partial charge on any atom is 0.241 e. The summed E-state index contributed by atoms with van der Waals surface area (Å²) in [6.45, 7) is 5.48. The molecule has 2 aromatic carbocycles. The summed E-state index contributed by atoms with van der Waals surface area (Å²) in [6.07, 6.45) is -3.18. The highest BCUT2D eigenvalue weighted by molar-refractivity contribution is 6.80. The van der Waals surface area contributed by atoms with Crippen molar-refractivity contribution in [2.75, 3.05) is 6.61 Å². The van der Waals surface area contributed by atoms with Crippen molar-refractivity contribution < 1.29 is 24.2 Å². The van der Waals surface area contributed by atoms with Crippen LogP contribution in [0.15, 0.2) is 60.7 Å². The highest BCUT2D eigenvalue weighted by Gasteiger charge is 2.32. The first-order chi connectivity index (χ1) is 12.8. The lowest BCUT2D eigenvalue weighted by atomic mass is 10.1. The first-order valence-corrected chi connectivity index (χ1v) is 10.6. The van der Waals surface area contributed by atoms with Gasteiger partial charge in [-0.15, -0.1) is 0 Å². The molecule has 2 rings (SSSR count). The van der Waals surface area contributed by atoms with Crippen LogP contribution in [0.1, 0.15) is 20.8 Å². The third-order valence-corrected chi connectivity index (χ3v) is 6.62. The molecule has 0 aliphatic rings. The van der Waals surface area contributed by atoms with Gasteiger partial charge in [-0.1, -0.05) is 60.7 Å². The van der Waals surface area contributed by atoms with Crippen molar-refractivity contribution in [1.29, 1.82) is 0 Å². The van der Waals surface area contributed by atoms with Crippen LogP contribution in [-0.2, 0) is 14.0 Å². The molecule has 6 heteroatoms. The lowest BCUT2D eigenvalue weighted by molar-refractivity contribution is -0.131. The van der Waals surface area contributed by atoms with Crippen LogP contribution in [0.2, 0.25) is 0 Å². The second-order valence-electron chi connectivity index (χ2n) is 7.42. The number of carbonyl (C=O) groups is 1. The van der Waals surface area contributed by atoms with E-state index in [-0.39, 0.29) is 6.61 Å². The quantitative estimate of drug-likeness (QED) is 0.487. The summed E-state index contributed by atoms with van der Waals surface area (Å²) in [5.41, 5.74) is -0.455. The number of aliphatic hydroxyl groups excluding tert-OH is 2. The van der Waals surface area contributed by atoms with Gasteiger partial charge < -0.3 is 24.2 Å². The van der Waals surface area contributed by atoms with Crippen molar-refractivity contribution in [3.63, 3.8) is 0 Å². The standard InChI is InChI=1S/C21H28O5Si/c1-21(2,3)25-15-18(23)20(24)19(14-22)26-27(16-10-6-4-7-11-16)17-12-8-5-9-13-17/h4-14,18-20,23-24,27H,15H2,1-3H3/t18-,19-,20-/m0/s1. The molecule has 27 heavy (non-hydrogen) atoms. The monoisotopic (exact) mass is 388 g/mol. The zero-order chi connectivity index (χ0) is 19.9. The van der Waals surface area contributed by atoms with E-state index in [9.17, 15) is 15.0 Å². The van der Waals surface area contributed by atoms with Crippen LogP contribution in [0.5, 0.6) is 0 Å². The fraction of sp³-hybridized carbons (Fsp3) is 0.381. The van der Waals surface area contributed by atoms with Gasteiger partial charge in [-0.3, -0.25) is 0 Å². The topological polar surface area (TPSA) is 76.0 Å². The Morgan fingerprint density at radius 2 is 1.44 bits per heavy atom. The van der Waals surface area contributed by atoms with Gasteiger partial charge in [0.15, 0.2) is 0 Å². The Hall–Kier alpha value is -1.83. The van der Waals surface area contributed by atoms with E-state index < -0.39 is 33.0 Å². The third kappa shape index (κ3) is 6.68. The molecule has 3 atom stereocenters. The number of ether oxygens (including phenoxy) is 1. The predicted octanol–water partition coefficient (Wildman–Crippen LogP) is 0.646. The number of benzene rings is 2. The minimum atomic E-state index is -2.22. The second kappa shape index (κ2) is 9.92. The number of hydrogen-bond donors (Lipinski definition) is 2. The van der Waals surface area contributed by atoms with E-state index in [1.807, 2.05) is 81.4 Å². The first kappa shape index (κ1) is 21.5. The lowest BCUT2D eigenvalue weighted by Gasteiger charge is -2.29. The Kier molecular flexibility index (Phi) is 7.88. The average molecular weight is 389 g/mol. The van der Waals surface area contributed by atoms with Gasteiger partial charge in [0.25, 0.3) is 0 Å². The summed E-state index contributed by atoms with van der Waals surface area (Å²) in [7, 11) is -2.22. The highest BCUT2D eigenvalue weighted by atomic mass is 28.3. The number of hydrogen-bond acceptors (Lipinski definition) is 5. The molecule has 0 aliphatic carbocycles. The van der Waals surface area contributed by atoms with Gasteiger partial charge in [0.1, 0.15) is 24.6 Å². The lowest BCUT2D eigenvalue weighted by Crippen LogP contribution is -2.52. The van der Waals surface area contributed by atoms with E-state index >= 15 is 0 Å². The summed E-state index contributed by atoms with van der Waals surface area (Å²) in [6, 6.07) is 19.3. The maximum atomic E-state index is 11.6. The normalized spacial score (nSPS) is 15.3. The van der Waals surface area contributed by atoms with E-state index in [1.54, 1.807) is 0 Å². The summed E-state index contributed by atoms with van der Waals surface area (Å²) >= 11 is 0. The predicted molar refractivity (Wildman–Crippen MR) is 108 cm³/mol. The van der Waals surface area contributed by atoms with Crippen molar-refractivity contribution in [3.8, 4) is 0 Å². The molecule has 0 fully saturated rings. The Morgan fingerprint density at radius 3 is 1.85 bits per heavy atom. The average Bonchev–Trinajstić information content (AvgIpc) is 2.67. The minimum absolute atomic E-state index is 0.0821. The molecule has 0 spiro atoms. The first-order valence-electron chi connectivity index (χ1n) is 9.02. The van der Waals surface area contributed by atoms with E-state index in [0.717, 1.165) is 10.4 Å². The van der Waals surface area contributed by atoms with Crippen LogP contribution in [0.3, 0.4) is 0 Å². The van der Waals surface area contributed by atoms with Gasteiger partial charge in [0.2, 0.25) is 9.04 Å². The molecule has 0 unspecified atom stereocenters. The van der Waals surface area contributed by atoms with E-state index in [1.165, 1.54) is 0 Å². The largest absolute Gasteiger partial charge is 0.398 e. The van der Waals surface area contributed by atoms with Gasteiger partial charge in [-0.05, 0) is 31.1 Å². The molecule has 0 radical (unpaired) electrons. The van der Waals surface area contributed by atoms with E-state index in [2.05, 4.69) is 0 Å². The molecule has 0 saturated heterocycles. The van der Waals surface area contributed by atoms with Crippen molar-refractivity contribution in [3.05, 3.63) is 60.7 Å². The highest BCUT2D eigenvalue weighted by Crippen LogP contribution is 2.11. The van der Waals surface area contributed by atoms with Crippen LogP contribution in [0.4, 0.5) is 0 Å². The van der Waals surface area contributed by atoms with Gasteiger partial charge >= 0.3 is 0 Å². The molecule has 0 heterocycles. The Balaban J connectivity index is 2.17. The third-order valence-electron chi connectivity index (χ3n) is 4.05.